The summed E-state index contributed by atoms with van der Waals surface area (Å²) in [7, 11) is 0. The lowest BCUT2D eigenvalue weighted by Crippen LogP contribution is -2.17. The Hall–Kier alpha value is -2.46. The van der Waals surface area contributed by atoms with Crippen molar-refractivity contribution in [2.24, 2.45) is 10.1 Å². The Labute approximate surface area is 136 Å². The van der Waals surface area contributed by atoms with Crippen molar-refractivity contribution in [3.8, 4) is 0 Å². The maximum Gasteiger partial charge on any atom is 0.154 e. The van der Waals surface area contributed by atoms with Gasteiger partial charge >= 0.3 is 0 Å². The van der Waals surface area contributed by atoms with Gasteiger partial charge in [0.25, 0.3) is 0 Å². The predicted molar refractivity (Wildman–Crippen MR) is 95.0 cm³/mol. The van der Waals surface area contributed by atoms with Crippen LogP contribution in [0.3, 0.4) is 0 Å². The van der Waals surface area contributed by atoms with Crippen LogP contribution in [0, 0.1) is 0 Å². The van der Waals surface area contributed by atoms with Crippen molar-refractivity contribution in [3.63, 3.8) is 0 Å². The Morgan fingerprint density at radius 1 is 0.955 bits per heavy atom. The van der Waals surface area contributed by atoms with Crippen molar-refractivity contribution in [1.82, 2.24) is 5.43 Å². The van der Waals surface area contributed by atoms with Gasteiger partial charge in [-0.1, -0.05) is 58.4 Å². The maximum atomic E-state index is 4.63. The maximum absolute atomic E-state index is 4.63. The van der Waals surface area contributed by atoms with Gasteiger partial charge in [0.05, 0.1) is 11.9 Å². The quantitative estimate of drug-likeness (QED) is 0.532. The summed E-state index contributed by atoms with van der Waals surface area (Å²) in [4.78, 5) is 4.63. The number of halogens is 1. The molecule has 3 nitrogen and oxygen atoms in total. The molecular formula is C18H12BrN3. The molecule has 3 aromatic carbocycles. The number of aliphatic imine (C=N–C) groups is 1. The van der Waals surface area contributed by atoms with Gasteiger partial charge in [0.15, 0.2) is 5.84 Å². The van der Waals surface area contributed by atoms with Crippen LogP contribution in [-0.2, 0) is 0 Å². The van der Waals surface area contributed by atoms with E-state index in [0.29, 0.717) is 0 Å². The average Bonchev–Trinajstić information content (AvgIpc) is 2.90. The number of hydrazone groups is 1. The monoisotopic (exact) mass is 349 g/mol. The number of benzene rings is 3. The first-order valence-electron chi connectivity index (χ1n) is 6.97. The van der Waals surface area contributed by atoms with Crippen LogP contribution in [0.15, 0.2) is 75.2 Å². The molecule has 0 fully saturated rings. The molecule has 1 N–H and O–H groups in total. The first-order valence-corrected chi connectivity index (χ1v) is 7.76. The second kappa shape index (κ2) is 5.39. The van der Waals surface area contributed by atoms with Gasteiger partial charge in [0, 0.05) is 15.4 Å². The number of nitrogens with zero attached hydrogens (tertiary/aromatic N) is 2. The number of hydrogen-bond donors (Lipinski definition) is 1. The minimum Gasteiger partial charge on any atom is -0.261 e. The molecule has 0 spiro atoms. The van der Waals surface area contributed by atoms with E-state index in [-0.39, 0.29) is 0 Å². The lowest BCUT2D eigenvalue weighted by molar-refractivity contribution is 1.04. The number of rotatable bonds is 2. The third-order valence-corrected chi connectivity index (χ3v) is 4.15. The summed E-state index contributed by atoms with van der Waals surface area (Å²) in [6.45, 7) is 0. The third kappa shape index (κ3) is 2.31. The lowest BCUT2D eigenvalue weighted by Gasteiger charge is -2.02. The smallest absolute Gasteiger partial charge is 0.154 e. The highest BCUT2D eigenvalue weighted by molar-refractivity contribution is 9.10. The molecule has 0 aliphatic carbocycles. The molecule has 106 valence electrons. The van der Waals surface area contributed by atoms with Crippen LogP contribution in [0.2, 0.25) is 0 Å². The highest BCUT2D eigenvalue weighted by Gasteiger charge is 2.17. The Kier molecular flexibility index (Phi) is 3.24. The van der Waals surface area contributed by atoms with Crippen molar-refractivity contribution in [2.75, 3.05) is 0 Å². The fourth-order valence-corrected chi connectivity index (χ4v) is 2.86. The summed E-state index contributed by atoms with van der Waals surface area (Å²) in [5.41, 5.74) is 6.18. The highest BCUT2D eigenvalue weighted by atomic mass is 79.9. The van der Waals surface area contributed by atoms with Gasteiger partial charge < -0.3 is 0 Å². The standard InChI is InChI=1S/C18H12BrN3/c19-14-9-7-12(8-10-14)11-20-22-18-15-5-1-3-13-4-2-6-16(21-18)17(13)15/h1-11H,(H,21,22)/b20-11+. The van der Waals surface area contributed by atoms with Crippen LogP contribution in [-0.4, -0.2) is 12.1 Å². The van der Waals surface area contributed by atoms with E-state index in [4.69, 9.17) is 0 Å². The minimum absolute atomic E-state index is 0.792. The molecule has 22 heavy (non-hydrogen) atoms. The normalized spacial score (nSPS) is 12.9. The molecule has 1 heterocycles. The Morgan fingerprint density at radius 2 is 1.73 bits per heavy atom. The summed E-state index contributed by atoms with van der Waals surface area (Å²) in [5.74, 6) is 0.792. The fraction of sp³-hybridized carbons (Fsp3) is 0. The van der Waals surface area contributed by atoms with E-state index < -0.39 is 0 Å². The summed E-state index contributed by atoms with van der Waals surface area (Å²) in [6, 6.07) is 20.4. The second-order valence-corrected chi connectivity index (χ2v) is 5.98. The largest absolute Gasteiger partial charge is 0.261 e. The summed E-state index contributed by atoms with van der Waals surface area (Å²) < 4.78 is 1.06. The van der Waals surface area contributed by atoms with Gasteiger partial charge in [0.2, 0.25) is 0 Å². The molecule has 0 saturated carbocycles. The van der Waals surface area contributed by atoms with Gasteiger partial charge in [-0.05, 0) is 29.1 Å². The molecule has 4 heteroatoms. The first kappa shape index (κ1) is 13.2. The molecule has 4 rings (SSSR count). The SMILES string of the molecule is Brc1ccc(/C=N/NC2=Nc3cccc4cccc2c34)cc1. The van der Waals surface area contributed by atoms with Crippen LogP contribution in [0.5, 0.6) is 0 Å². The molecular weight excluding hydrogens is 338 g/mol. The molecule has 0 aromatic heterocycles. The molecule has 0 amide bonds. The third-order valence-electron chi connectivity index (χ3n) is 3.62. The molecule has 1 aliphatic heterocycles. The topological polar surface area (TPSA) is 36.8 Å². The molecule has 3 aromatic rings. The molecule has 0 bridgehead atoms. The van der Waals surface area contributed by atoms with Crippen molar-refractivity contribution in [3.05, 3.63) is 76.3 Å². The van der Waals surface area contributed by atoms with Gasteiger partial charge in [-0.15, -0.1) is 0 Å². The minimum atomic E-state index is 0.792. The number of nitrogens with one attached hydrogen (secondary N) is 1. The molecule has 1 aliphatic rings. The van der Waals surface area contributed by atoms with Crippen molar-refractivity contribution in [2.45, 2.75) is 0 Å². The van der Waals surface area contributed by atoms with Crippen LogP contribution in [0.25, 0.3) is 10.8 Å². The first-order chi connectivity index (χ1) is 10.8. The zero-order valence-corrected chi connectivity index (χ0v) is 13.2. The summed E-state index contributed by atoms with van der Waals surface area (Å²) in [6.07, 6.45) is 1.79. The van der Waals surface area contributed by atoms with E-state index >= 15 is 0 Å². The second-order valence-electron chi connectivity index (χ2n) is 5.06. The van der Waals surface area contributed by atoms with Crippen molar-refractivity contribution < 1.29 is 0 Å². The lowest BCUT2D eigenvalue weighted by atomic mass is 10.0. The van der Waals surface area contributed by atoms with Gasteiger partial charge in [-0.3, -0.25) is 5.43 Å². The number of amidine groups is 1. The van der Waals surface area contributed by atoms with Crippen LogP contribution in [0.1, 0.15) is 11.1 Å². The van der Waals surface area contributed by atoms with E-state index in [1.54, 1.807) is 6.21 Å². The highest BCUT2D eigenvalue weighted by Crippen LogP contribution is 2.34. The van der Waals surface area contributed by atoms with Crippen LogP contribution in [0.4, 0.5) is 5.69 Å². The van der Waals surface area contributed by atoms with E-state index in [9.17, 15) is 0 Å². The molecule has 0 saturated heterocycles. The van der Waals surface area contributed by atoms with Crippen LogP contribution >= 0.6 is 15.9 Å². The summed E-state index contributed by atoms with van der Waals surface area (Å²) in [5, 5.41) is 6.69. The Balaban J connectivity index is 1.61. The van der Waals surface area contributed by atoms with E-state index in [0.717, 1.165) is 27.1 Å². The predicted octanol–water partition coefficient (Wildman–Crippen LogP) is 4.62. The van der Waals surface area contributed by atoms with Crippen molar-refractivity contribution >= 4 is 44.4 Å². The number of hydrogen-bond acceptors (Lipinski definition) is 3. The van der Waals surface area contributed by atoms with E-state index in [1.807, 2.05) is 42.5 Å². The van der Waals surface area contributed by atoms with E-state index in [1.165, 1.54) is 10.8 Å². The van der Waals surface area contributed by atoms with Crippen molar-refractivity contribution in [1.29, 1.82) is 0 Å². The fourth-order valence-electron chi connectivity index (χ4n) is 2.59. The molecule has 0 radical (unpaired) electrons. The van der Waals surface area contributed by atoms with Gasteiger partial charge in [-0.25, -0.2) is 4.99 Å². The van der Waals surface area contributed by atoms with E-state index in [2.05, 4.69) is 49.6 Å². The van der Waals surface area contributed by atoms with Crippen LogP contribution < -0.4 is 5.43 Å². The van der Waals surface area contributed by atoms with Gasteiger partial charge in [-0.2, -0.15) is 5.10 Å². The van der Waals surface area contributed by atoms with Gasteiger partial charge in [0.1, 0.15) is 0 Å². The average molecular weight is 350 g/mol. The summed E-state index contributed by atoms with van der Waals surface area (Å²) >= 11 is 3.42. The Morgan fingerprint density at radius 3 is 2.55 bits per heavy atom. The zero-order chi connectivity index (χ0) is 14.9. The zero-order valence-electron chi connectivity index (χ0n) is 11.6. The Bertz CT molecular complexity index is 906. The molecule has 0 atom stereocenters. The molecule has 0 unspecified atom stereocenters.